The zero-order valence-electron chi connectivity index (χ0n) is 11.3. The van der Waals surface area contributed by atoms with Crippen molar-refractivity contribution in [2.24, 2.45) is 0 Å². The zero-order valence-corrected chi connectivity index (χ0v) is 12.9. The first-order valence-corrected chi connectivity index (χ1v) is 7.72. The summed E-state index contributed by atoms with van der Waals surface area (Å²) in [5, 5.41) is 1.04. The van der Waals surface area contributed by atoms with Crippen LogP contribution in [0.4, 0.5) is 0 Å². The standard InChI is InChI=1S/C15H22BrNO/c1-3-13-9-5-6-10-14(13)15(18)17(2)12-8-4-7-11-16/h5-6,9-10H,3-4,7-8,11-12H2,1-2H3. The maximum absolute atomic E-state index is 12.3. The van der Waals surface area contributed by atoms with Crippen molar-refractivity contribution in [3.05, 3.63) is 35.4 Å². The van der Waals surface area contributed by atoms with Crippen LogP contribution in [-0.4, -0.2) is 29.7 Å². The molecule has 0 radical (unpaired) electrons. The molecule has 1 rings (SSSR count). The molecule has 3 heteroatoms. The van der Waals surface area contributed by atoms with Crippen molar-refractivity contribution in [2.45, 2.75) is 32.6 Å². The van der Waals surface area contributed by atoms with Crippen molar-refractivity contribution in [3.63, 3.8) is 0 Å². The van der Waals surface area contributed by atoms with E-state index in [0.717, 1.165) is 42.3 Å². The first-order valence-electron chi connectivity index (χ1n) is 6.60. The van der Waals surface area contributed by atoms with E-state index in [4.69, 9.17) is 0 Å². The molecule has 0 aliphatic rings. The number of unbranched alkanes of at least 4 members (excludes halogenated alkanes) is 2. The van der Waals surface area contributed by atoms with Gasteiger partial charge in [0.15, 0.2) is 0 Å². The first kappa shape index (κ1) is 15.2. The molecule has 0 heterocycles. The summed E-state index contributed by atoms with van der Waals surface area (Å²) in [4.78, 5) is 14.1. The van der Waals surface area contributed by atoms with Crippen LogP contribution in [0.3, 0.4) is 0 Å². The van der Waals surface area contributed by atoms with Gasteiger partial charge in [0.2, 0.25) is 0 Å². The number of halogens is 1. The highest BCUT2D eigenvalue weighted by molar-refractivity contribution is 9.09. The van der Waals surface area contributed by atoms with E-state index in [1.165, 1.54) is 6.42 Å². The molecule has 2 nitrogen and oxygen atoms in total. The average Bonchev–Trinajstić information content (AvgIpc) is 2.42. The van der Waals surface area contributed by atoms with Gasteiger partial charge in [0.25, 0.3) is 5.91 Å². The van der Waals surface area contributed by atoms with Gasteiger partial charge < -0.3 is 4.90 Å². The minimum atomic E-state index is 0.145. The minimum Gasteiger partial charge on any atom is -0.342 e. The van der Waals surface area contributed by atoms with Crippen molar-refractivity contribution >= 4 is 21.8 Å². The summed E-state index contributed by atoms with van der Waals surface area (Å²) < 4.78 is 0. The lowest BCUT2D eigenvalue weighted by molar-refractivity contribution is 0.0791. The van der Waals surface area contributed by atoms with Crippen LogP contribution in [0.2, 0.25) is 0 Å². The van der Waals surface area contributed by atoms with Gasteiger partial charge in [-0.2, -0.15) is 0 Å². The molecule has 0 unspecified atom stereocenters. The predicted molar refractivity (Wildman–Crippen MR) is 80.4 cm³/mol. The van der Waals surface area contributed by atoms with Gasteiger partial charge in [0.1, 0.15) is 0 Å². The maximum atomic E-state index is 12.3. The summed E-state index contributed by atoms with van der Waals surface area (Å²) in [7, 11) is 1.89. The monoisotopic (exact) mass is 311 g/mol. The molecule has 0 fully saturated rings. The fourth-order valence-electron chi connectivity index (χ4n) is 1.96. The highest BCUT2D eigenvalue weighted by Gasteiger charge is 2.13. The van der Waals surface area contributed by atoms with Crippen LogP contribution in [0.25, 0.3) is 0 Å². The van der Waals surface area contributed by atoms with Crippen LogP contribution in [0, 0.1) is 0 Å². The molecule has 18 heavy (non-hydrogen) atoms. The van der Waals surface area contributed by atoms with Crippen LogP contribution in [0.5, 0.6) is 0 Å². The molecule has 1 aromatic rings. The number of amides is 1. The third-order valence-corrected chi connectivity index (χ3v) is 3.66. The van der Waals surface area contributed by atoms with Crippen LogP contribution in [0.15, 0.2) is 24.3 Å². The van der Waals surface area contributed by atoms with E-state index in [0.29, 0.717) is 0 Å². The summed E-state index contributed by atoms with van der Waals surface area (Å²) in [6.07, 6.45) is 4.31. The van der Waals surface area contributed by atoms with Gasteiger partial charge in [-0.15, -0.1) is 0 Å². The number of aryl methyl sites for hydroxylation is 1. The number of carbonyl (C=O) groups is 1. The van der Waals surface area contributed by atoms with Gasteiger partial charge >= 0.3 is 0 Å². The quantitative estimate of drug-likeness (QED) is 0.552. The second-order valence-corrected chi connectivity index (χ2v) is 5.28. The molecule has 0 N–H and O–H groups in total. The number of hydrogen-bond donors (Lipinski definition) is 0. The Labute approximate surface area is 119 Å². The minimum absolute atomic E-state index is 0.145. The summed E-state index contributed by atoms with van der Waals surface area (Å²) in [5.74, 6) is 0.145. The van der Waals surface area contributed by atoms with Crippen molar-refractivity contribution < 1.29 is 4.79 Å². The lowest BCUT2D eigenvalue weighted by Gasteiger charge is -2.18. The first-order chi connectivity index (χ1) is 8.70. The molecule has 100 valence electrons. The molecule has 0 saturated heterocycles. The van der Waals surface area contributed by atoms with Crippen LogP contribution in [0.1, 0.15) is 42.1 Å². The number of rotatable bonds is 7. The Balaban J connectivity index is 2.57. The van der Waals surface area contributed by atoms with Crippen LogP contribution >= 0.6 is 15.9 Å². The average molecular weight is 312 g/mol. The normalized spacial score (nSPS) is 10.4. The molecule has 0 aliphatic carbocycles. The predicted octanol–water partition coefficient (Wildman–Crippen LogP) is 3.89. The Bertz CT molecular complexity index is 379. The summed E-state index contributed by atoms with van der Waals surface area (Å²) in [5.41, 5.74) is 1.98. The van der Waals surface area contributed by atoms with Gasteiger partial charge in [-0.3, -0.25) is 4.79 Å². The van der Waals surface area contributed by atoms with E-state index >= 15 is 0 Å². The second kappa shape index (κ2) is 8.30. The summed E-state index contributed by atoms with van der Waals surface area (Å²) in [6, 6.07) is 7.89. The molecular weight excluding hydrogens is 290 g/mol. The third-order valence-electron chi connectivity index (χ3n) is 3.10. The molecular formula is C15H22BrNO. The zero-order chi connectivity index (χ0) is 13.4. The maximum Gasteiger partial charge on any atom is 0.253 e. The van der Waals surface area contributed by atoms with E-state index in [1.54, 1.807) is 0 Å². The third kappa shape index (κ3) is 4.45. The fourth-order valence-corrected chi connectivity index (χ4v) is 2.36. The van der Waals surface area contributed by atoms with E-state index in [1.807, 2.05) is 36.2 Å². The van der Waals surface area contributed by atoms with Crippen LogP contribution in [-0.2, 0) is 6.42 Å². The topological polar surface area (TPSA) is 20.3 Å². The van der Waals surface area contributed by atoms with Crippen molar-refractivity contribution in [1.29, 1.82) is 0 Å². The summed E-state index contributed by atoms with van der Waals surface area (Å²) >= 11 is 3.42. The molecule has 0 bridgehead atoms. The molecule has 0 saturated carbocycles. The Kier molecular flexibility index (Phi) is 7.02. The van der Waals surface area contributed by atoms with E-state index < -0.39 is 0 Å². The molecule has 1 amide bonds. The van der Waals surface area contributed by atoms with Gasteiger partial charge in [-0.25, -0.2) is 0 Å². The largest absolute Gasteiger partial charge is 0.342 e. The highest BCUT2D eigenvalue weighted by atomic mass is 79.9. The molecule has 0 spiro atoms. The number of carbonyl (C=O) groups excluding carboxylic acids is 1. The highest BCUT2D eigenvalue weighted by Crippen LogP contribution is 2.12. The molecule has 0 aliphatic heterocycles. The summed E-state index contributed by atoms with van der Waals surface area (Å²) in [6.45, 7) is 2.92. The lowest BCUT2D eigenvalue weighted by Crippen LogP contribution is -2.28. The smallest absolute Gasteiger partial charge is 0.253 e. The Morgan fingerprint density at radius 3 is 2.61 bits per heavy atom. The number of benzene rings is 1. The molecule has 0 atom stereocenters. The van der Waals surface area contributed by atoms with E-state index in [-0.39, 0.29) is 5.91 Å². The lowest BCUT2D eigenvalue weighted by atomic mass is 10.0. The Morgan fingerprint density at radius 1 is 1.22 bits per heavy atom. The van der Waals surface area contributed by atoms with E-state index in [9.17, 15) is 4.79 Å². The van der Waals surface area contributed by atoms with Gasteiger partial charge in [0, 0.05) is 24.5 Å². The fraction of sp³-hybridized carbons (Fsp3) is 0.533. The van der Waals surface area contributed by atoms with Crippen molar-refractivity contribution in [3.8, 4) is 0 Å². The van der Waals surface area contributed by atoms with Gasteiger partial charge in [-0.05, 0) is 30.9 Å². The van der Waals surface area contributed by atoms with Gasteiger partial charge in [-0.1, -0.05) is 47.5 Å². The number of hydrogen-bond acceptors (Lipinski definition) is 1. The Hall–Kier alpha value is -0.830. The number of nitrogens with zero attached hydrogens (tertiary/aromatic N) is 1. The molecule has 1 aromatic carbocycles. The Morgan fingerprint density at radius 2 is 1.94 bits per heavy atom. The van der Waals surface area contributed by atoms with Crippen LogP contribution < -0.4 is 0 Å². The molecule has 0 aromatic heterocycles. The van der Waals surface area contributed by atoms with Crippen molar-refractivity contribution in [2.75, 3.05) is 18.9 Å². The SMILES string of the molecule is CCc1ccccc1C(=O)N(C)CCCCCBr. The van der Waals surface area contributed by atoms with Crippen molar-refractivity contribution in [1.82, 2.24) is 4.90 Å². The van der Waals surface area contributed by atoms with Gasteiger partial charge in [0.05, 0.1) is 0 Å². The van der Waals surface area contributed by atoms with E-state index in [2.05, 4.69) is 22.9 Å². The number of alkyl halides is 1. The second-order valence-electron chi connectivity index (χ2n) is 4.49.